The third-order valence-electron chi connectivity index (χ3n) is 6.26. The van der Waals surface area contributed by atoms with Gasteiger partial charge in [-0.1, -0.05) is 59.6 Å². The zero-order chi connectivity index (χ0) is 22.0. The van der Waals surface area contributed by atoms with E-state index in [1.807, 2.05) is 35.2 Å². The van der Waals surface area contributed by atoms with Crippen LogP contribution in [-0.2, 0) is 0 Å². The van der Waals surface area contributed by atoms with Crippen LogP contribution >= 0.6 is 23.2 Å². The van der Waals surface area contributed by atoms with E-state index >= 15 is 0 Å². The third kappa shape index (κ3) is 4.97. The van der Waals surface area contributed by atoms with Gasteiger partial charge >= 0.3 is 6.09 Å². The summed E-state index contributed by atoms with van der Waals surface area (Å²) in [7, 11) is 0. The minimum absolute atomic E-state index is 0.105. The average Bonchev–Trinajstić information content (AvgIpc) is 3.30. The number of fused-ring (bicyclic) bond motifs is 1. The zero-order valence-corrected chi connectivity index (χ0v) is 18.5. The minimum atomic E-state index is -1.01. The standard InChI is InChI=1S/C23H25Cl2N3O3/c24-18-7-4-8-19(25)21(18)22(29)28-13-16-11-27(12-17(16)14-28)10-9-20(26-23(30)31)15-5-2-1-3-6-15/h1-8,16-17,20,26H,9-14H2,(H,30,31)/t16-,17?,20?/m0/s1. The van der Waals surface area contributed by atoms with Crippen molar-refractivity contribution in [3.8, 4) is 0 Å². The first kappa shape index (κ1) is 21.9. The van der Waals surface area contributed by atoms with Gasteiger partial charge in [0.15, 0.2) is 0 Å². The lowest BCUT2D eigenvalue weighted by Gasteiger charge is -2.24. The van der Waals surface area contributed by atoms with Gasteiger partial charge < -0.3 is 20.2 Å². The minimum Gasteiger partial charge on any atom is -0.465 e. The predicted octanol–water partition coefficient (Wildman–Crippen LogP) is 4.40. The van der Waals surface area contributed by atoms with Crippen LogP contribution in [0.3, 0.4) is 0 Å². The van der Waals surface area contributed by atoms with E-state index in [1.54, 1.807) is 18.2 Å². The Morgan fingerprint density at radius 2 is 1.58 bits per heavy atom. The Morgan fingerprint density at radius 1 is 0.968 bits per heavy atom. The molecule has 2 amide bonds. The molecule has 2 aromatic carbocycles. The first-order chi connectivity index (χ1) is 14.9. The van der Waals surface area contributed by atoms with E-state index in [0.717, 1.165) is 25.2 Å². The molecular formula is C23H25Cl2N3O3. The highest BCUT2D eigenvalue weighted by Crippen LogP contribution is 2.34. The van der Waals surface area contributed by atoms with E-state index in [4.69, 9.17) is 23.2 Å². The van der Waals surface area contributed by atoms with Gasteiger partial charge in [0.25, 0.3) is 5.91 Å². The number of halogens is 2. The molecule has 4 rings (SSSR count). The molecule has 2 aromatic rings. The number of amides is 2. The van der Waals surface area contributed by atoms with Gasteiger partial charge in [-0.3, -0.25) is 4.79 Å². The van der Waals surface area contributed by atoms with Crippen molar-refractivity contribution in [2.24, 2.45) is 11.8 Å². The second-order valence-corrected chi connectivity index (χ2v) is 9.10. The first-order valence-electron chi connectivity index (χ1n) is 10.4. The van der Waals surface area contributed by atoms with Crippen molar-refractivity contribution in [3.05, 3.63) is 69.7 Å². The lowest BCUT2D eigenvalue weighted by atomic mass is 10.0. The van der Waals surface area contributed by atoms with E-state index < -0.39 is 6.09 Å². The van der Waals surface area contributed by atoms with E-state index in [0.29, 0.717) is 47.0 Å². The molecule has 2 saturated heterocycles. The van der Waals surface area contributed by atoms with Gasteiger partial charge in [-0.15, -0.1) is 0 Å². The van der Waals surface area contributed by atoms with Gasteiger partial charge in [0.05, 0.1) is 21.7 Å². The fraction of sp³-hybridized carbons (Fsp3) is 0.391. The molecule has 2 N–H and O–H groups in total. The molecule has 2 aliphatic rings. The van der Waals surface area contributed by atoms with Crippen LogP contribution in [0.15, 0.2) is 48.5 Å². The zero-order valence-electron chi connectivity index (χ0n) is 17.0. The van der Waals surface area contributed by atoms with Gasteiger partial charge in [-0.25, -0.2) is 4.79 Å². The largest absolute Gasteiger partial charge is 0.465 e. The molecule has 0 bridgehead atoms. The summed E-state index contributed by atoms with van der Waals surface area (Å²) in [6, 6.07) is 14.5. The van der Waals surface area contributed by atoms with E-state index in [-0.39, 0.29) is 11.9 Å². The van der Waals surface area contributed by atoms with Crippen molar-refractivity contribution in [1.29, 1.82) is 0 Å². The van der Waals surface area contributed by atoms with Crippen LogP contribution in [0.2, 0.25) is 10.0 Å². The molecule has 164 valence electrons. The number of carbonyl (C=O) groups is 2. The lowest BCUT2D eigenvalue weighted by molar-refractivity contribution is 0.0774. The number of likely N-dealkylation sites (tertiary alicyclic amines) is 2. The molecular weight excluding hydrogens is 437 g/mol. The summed E-state index contributed by atoms with van der Waals surface area (Å²) in [5, 5.41) is 12.6. The Balaban J connectivity index is 1.33. The highest BCUT2D eigenvalue weighted by Gasteiger charge is 2.42. The third-order valence-corrected chi connectivity index (χ3v) is 6.89. The van der Waals surface area contributed by atoms with Crippen molar-refractivity contribution in [3.63, 3.8) is 0 Å². The molecule has 0 aromatic heterocycles. The van der Waals surface area contributed by atoms with Crippen LogP contribution in [0.5, 0.6) is 0 Å². The maximum Gasteiger partial charge on any atom is 0.405 e. The van der Waals surface area contributed by atoms with Crippen molar-refractivity contribution in [1.82, 2.24) is 15.1 Å². The Bertz CT molecular complexity index is 922. The van der Waals surface area contributed by atoms with Crippen molar-refractivity contribution in [2.45, 2.75) is 12.5 Å². The van der Waals surface area contributed by atoms with Gasteiger partial charge in [0, 0.05) is 32.7 Å². The van der Waals surface area contributed by atoms with Gasteiger partial charge in [-0.05, 0) is 36.0 Å². The Kier molecular flexibility index (Phi) is 6.70. The summed E-state index contributed by atoms with van der Waals surface area (Å²) >= 11 is 12.4. The molecule has 2 unspecified atom stereocenters. The first-order valence-corrected chi connectivity index (χ1v) is 11.2. The summed E-state index contributed by atoms with van der Waals surface area (Å²) in [6.45, 7) is 3.99. The van der Waals surface area contributed by atoms with Gasteiger partial charge in [-0.2, -0.15) is 0 Å². The molecule has 0 radical (unpaired) electrons. The molecule has 3 atom stereocenters. The number of nitrogens with one attached hydrogen (secondary N) is 1. The fourth-order valence-corrected chi connectivity index (χ4v) is 5.33. The van der Waals surface area contributed by atoms with E-state index in [2.05, 4.69) is 10.2 Å². The smallest absolute Gasteiger partial charge is 0.405 e. The SMILES string of the molecule is O=C(O)NC(CCN1CC2CN(C(=O)c3c(Cl)cccc3Cl)C[C@@H]2C1)c1ccccc1. The van der Waals surface area contributed by atoms with Crippen LogP contribution in [0.1, 0.15) is 28.4 Å². The second kappa shape index (κ2) is 9.47. The monoisotopic (exact) mass is 461 g/mol. The number of rotatable bonds is 6. The molecule has 6 nitrogen and oxygen atoms in total. The van der Waals surface area contributed by atoms with E-state index in [1.165, 1.54) is 0 Å². The highest BCUT2D eigenvalue weighted by atomic mass is 35.5. The summed E-state index contributed by atoms with van der Waals surface area (Å²) in [5.74, 6) is 0.715. The summed E-state index contributed by atoms with van der Waals surface area (Å²) in [4.78, 5) is 28.4. The molecule has 0 spiro atoms. The maximum atomic E-state index is 13.0. The summed E-state index contributed by atoms with van der Waals surface area (Å²) in [5.41, 5.74) is 1.35. The van der Waals surface area contributed by atoms with Crippen molar-refractivity contribution in [2.75, 3.05) is 32.7 Å². The normalized spacial score (nSPS) is 21.7. The maximum absolute atomic E-state index is 13.0. The van der Waals surface area contributed by atoms with Crippen molar-refractivity contribution >= 4 is 35.2 Å². The molecule has 31 heavy (non-hydrogen) atoms. The number of benzene rings is 2. The van der Waals surface area contributed by atoms with Crippen LogP contribution in [0, 0.1) is 11.8 Å². The molecule has 2 heterocycles. The quantitative estimate of drug-likeness (QED) is 0.668. The lowest BCUT2D eigenvalue weighted by Crippen LogP contribution is -2.35. The average molecular weight is 462 g/mol. The molecule has 0 aliphatic carbocycles. The fourth-order valence-electron chi connectivity index (χ4n) is 4.77. The molecule has 2 aliphatic heterocycles. The Morgan fingerprint density at radius 3 is 2.16 bits per heavy atom. The number of hydrogen-bond acceptors (Lipinski definition) is 3. The molecule has 2 fully saturated rings. The van der Waals surface area contributed by atoms with E-state index in [9.17, 15) is 14.7 Å². The number of carbonyl (C=O) groups excluding carboxylic acids is 1. The predicted molar refractivity (Wildman–Crippen MR) is 121 cm³/mol. The topological polar surface area (TPSA) is 72.9 Å². The van der Waals surface area contributed by atoms with Crippen LogP contribution in [0.4, 0.5) is 4.79 Å². The summed E-state index contributed by atoms with van der Waals surface area (Å²) in [6.07, 6.45) is -0.312. The van der Waals surface area contributed by atoms with Crippen LogP contribution < -0.4 is 5.32 Å². The summed E-state index contributed by atoms with van der Waals surface area (Å²) < 4.78 is 0. The van der Waals surface area contributed by atoms with Crippen LogP contribution in [0.25, 0.3) is 0 Å². The molecule has 0 saturated carbocycles. The number of carboxylic acid groups (broad SMARTS) is 1. The highest BCUT2D eigenvalue weighted by molar-refractivity contribution is 6.39. The Labute approximate surface area is 191 Å². The van der Waals surface area contributed by atoms with Gasteiger partial charge in [0.2, 0.25) is 0 Å². The van der Waals surface area contributed by atoms with Gasteiger partial charge in [0.1, 0.15) is 0 Å². The number of hydrogen-bond donors (Lipinski definition) is 2. The second-order valence-electron chi connectivity index (χ2n) is 8.29. The van der Waals surface area contributed by atoms with Crippen molar-refractivity contribution < 1.29 is 14.7 Å². The molecule has 8 heteroatoms. The Hall–Kier alpha value is -2.28. The number of nitrogens with zero attached hydrogens (tertiary/aromatic N) is 2. The van der Waals surface area contributed by atoms with Crippen LogP contribution in [-0.4, -0.2) is 59.6 Å².